The third-order valence-electron chi connectivity index (χ3n) is 2.54. The maximum Gasteiger partial charge on any atom is 0.275 e. The number of rotatable bonds is 2. The Bertz CT molecular complexity index is 546. The molecule has 6 heteroatoms. The van der Waals surface area contributed by atoms with Crippen LogP contribution in [0.3, 0.4) is 0 Å². The molecular formula is C11H13N5O. The van der Waals surface area contributed by atoms with Crippen molar-refractivity contribution in [3.05, 3.63) is 35.7 Å². The molecule has 0 saturated heterocycles. The van der Waals surface area contributed by atoms with Gasteiger partial charge in [-0.15, -0.1) is 0 Å². The molecule has 0 aromatic carbocycles. The lowest BCUT2D eigenvalue weighted by atomic mass is 10.3. The minimum atomic E-state index is -0.280. The first kappa shape index (κ1) is 11.3. The largest absolute Gasteiger partial charge is 0.317 e. The fourth-order valence-electron chi connectivity index (χ4n) is 1.55. The number of aryl methyl sites for hydroxylation is 2. The molecule has 2 heterocycles. The maximum absolute atomic E-state index is 11.9. The first-order chi connectivity index (χ1) is 8.09. The molecule has 0 aliphatic heterocycles. The van der Waals surface area contributed by atoms with Crippen LogP contribution in [0.15, 0.2) is 18.6 Å². The van der Waals surface area contributed by atoms with Gasteiger partial charge in [-0.05, 0) is 13.8 Å². The fourth-order valence-corrected chi connectivity index (χ4v) is 1.55. The predicted octanol–water partition coefficient (Wildman–Crippen LogP) is 1.08. The zero-order valence-electron chi connectivity index (χ0n) is 9.93. The van der Waals surface area contributed by atoms with E-state index in [-0.39, 0.29) is 11.6 Å². The quantitative estimate of drug-likeness (QED) is 0.839. The van der Waals surface area contributed by atoms with Crippen LogP contribution >= 0.6 is 0 Å². The van der Waals surface area contributed by atoms with Gasteiger partial charge in [-0.3, -0.25) is 14.5 Å². The monoisotopic (exact) mass is 231 g/mol. The number of carbonyl (C=O) groups excluding carboxylic acids is 1. The molecule has 17 heavy (non-hydrogen) atoms. The van der Waals surface area contributed by atoms with Crippen LogP contribution in [0.2, 0.25) is 0 Å². The van der Waals surface area contributed by atoms with Gasteiger partial charge in [0.05, 0.1) is 23.3 Å². The van der Waals surface area contributed by atoms with Gasteiger partial charge in [-0.2, -0.15) is 5.10 Å². The summed E-state index contributed by atoms with van der Waals surface area (Å²) in [4.78, 5) is 19.7. The van der Waals surface area contributed by atoms with E-state index in [2.05, 4.69) is 20.4 Å². The number of amides is 1. The van der Waals surface area contributed by atoms with Crippen molar-refractivity contribution >= 4 is 11.6 Å². The number of nitrogens with zero attached hydrogens (tertiary/aromatic N) is 4. The van der Waals surface area contributed by atoms with Crippen LogP contribution in [-0.2, 0) is 7.05 Å². The highest BCUT2D eigenvalue weighted by Gasteiger charge is 2.14. The molecule has 2 aromatic rings. The summed E-state index contributed by atoms with van der Waals surface area (Å²) in [7, 11) is 1.83. The number of aromatic nitrogens is 4. The van der Waals surface area contributed by atoms with E-state index in [1.165, 1.54) is 18.6 Å². The van der Waals surface area contributed by atoms with E-state index in [1.807, 2.05) is 20.9 Å². The molecule has 0 saturated carbocycles. The SMILES string of the molecule is Cc1nn(C)c(C)c1NC(=O)c1cnccn1. The van der Waals surface area contributed by atoms with Crippen molar-refractivity contribution in [2.75, 3.05) is 5.32 Å². The highest BCUT2D eigenvalue weighted by atomic mass is 16.1. The molecule has 2 aromatic heterocycles. The molecule has 88 valence electrons. The third-order valence-corrected chi connectivity index (χ3v) is 2.54. The maximum atomic E-state index is 11.9. The lowest BCUT2D eigenvalue weighted by Crippen LogP contribution is -2.14. The zero-order chi connectivity index (χ0) is 12.4. The Kier molecular flexibility index (Phi) is 2.86. The van der Waals surface area contributed by atoms with E-state index < -0.39 is 0 Å². The Morgan fingerprint density at radius 3 is 2.65 bits per heavy atom. The van der Waals surface area contributed by atoms with E-state index in [9.17, 15) is 4.79 Å². The van der Waals surface area contributed by atoms with Crippen molar-refractivity contribution in [2.45, 2.75) is 13.8 Å². The van der Waals surface area contributed by atoms with Crippen LogP contribution in [0.25, 0.3) is 0 Å². The summed E-state index contributed by atoms with van der Waals surface area (Å²) in [6.07, 6.45) is 4.44. The molecule has 0 bridgehead atoms. The van der Waals surface area contributed by atoms with Crippen molar-refractivity contribution in [2.24, 2.45) is 7.05 Å². The Balaban J connectivity index is 2.25. The molecule has 1 amide bonds. The lowest BCUT2D eigenvalue weighted by Gasteiger charge is -2.04. The van der Waals surface area contributed by atoms with Crippen molar-refractivity contribution in [1.29, 1.82) is 0 Å². The van der Waals surface area contributed by atoms with Crippen LogP contribution in [0.5, 0.6) is 0 Å². The summed E-state index contributed by atoms with van der Waals surface area (Å²) in [5.41, 5.74) is 2.69. The third kappa shape index (κ3) is 2.15. The zero-order valence-corrected chi connectivity index (χ0v) is 9.93. The fraction of sp³-hybridized carbons (Fsp3) is 0.273. The molecule has 0 fully saturated rings. The number of hydrogen-bond acceptors (Lipinski definition) is 4. The Labute approximate surface area is 98.7 Å². The summed E-state index contributed by atoms with van der Waals surface area (Å²) >= 11 is 0. The molecule has 0 radical (unpaired) electrons. The second-order valence-electron chi connectivity index (χ2n) is 3.71. The van der Waals surface area contributed by atoms with Gasteiger partial charge >= 0.3 is 0 Å². The van der Waals surface area contributed by atoms with Crippen molar-refractivity contribution in [3.8, 4) is 0 Å². The van der Waals surface area contributed by atoms with Crippen LogP contribution in [-0.4, -0.2) is 25.7 Å². The first-order valence-electron chi connectivity index (χ1n) is 5.17. The molecule has 0 aliphatic rings. The van der Waals surface area contributed by atoms with Crippen LogP contribution in [0.4, 0.5) is 5.69 Å². The molecule has 2 rings (SSSR count). The average Bonchev–Trinajstić information content (AvgIpc) is 2.57. The van der Waals surface area contributed by atoms with Crippen LogP contribution < -0.4 is 5.32 Å². The minimum absolute atomic E-state index is 0.280. The number of carbonyl (C=O) groups is 1. The molecule has 0 aliphatic carbocycles. The van der Waals surface area contributed by atoms with Gasteiger partial charge in [0.15, 0.2) is 0 Å². The van der Waals surface area contributed by atoms with Crippen molar-refractivity contribution in [1.82, 2.24) is 19.7 Å². The minimum Gasteiger partial charge on any atom is -0.317 e. The van der Waals surface area contributed by atoms with Crippen LogP contribution in [0.1, 0.15) is 21.9 Å². The topological polar surface area (TPSA) is 72.7 Å². The van der Waals surface area contributed by atoms with E-state index in [4.69, 9.17) is 0 Å². The Morgan fingerprint density at radius 1 is 1.35 bits per heavy atom. The van der Waals surface area contributed by atoms with E-state index in [0.29, 0.717) is 0 Å². The number of hydrogen-bond donors (Lipinski definition) is 1. The normalized spacial score (nSPS) is 10.3. The Morgan fingerprint density at radius 2 is 2.12 bits per heavy atom. The van der Waals surface area contributed by atoms with E-state index in [1.54, 1.807) is 4.68 Å². The predicted molar refractivity (Wildman–Crippen MR) is 62.7 cm³/mol. The summed E-state index contributed by atoms with van der Waals surface area (Å²) < 4.78 is 1.72. The van der Waals surface area contributed by atoms with Gasteiger partial charge in [-0.1, -0.05) is 0 Å². The molecule has 0 atom stereocenters. The second kappa shape index (κ2) is 4.32. The summed E-state index contributed by atoms with van der Waals surface area (Å²) in [6.45, 7) is 3.74. The van der Waals surface area contributed by atoms with E-state index in [0.717, 1.165) is 17.1 Å². The first-order valence-corrected chi connectivity index (χ1v) is 5.17. The molecule has 0 spiro atoms. The smallest absolute Gasteiger partial charge is 0.275 e. The molecule has 1 N–H and O–H groups in total. The van der Waals surface area contributed by atoms with Gasteiger partial charge in [0.1, 0.15) is 5.69 Å². The van der Waals surface area contributed by atoms with Gasteiger partial charge in [0, 0.05) is 19.4 Å². The number of nitrogens with one attached hydrogen (secondary N) is 1. The van der Waals surface area contributed by atoms with Gasteiger partial charge in [-0.25, -0.2) is 4.98 Å². The summed E-state index contributed by atoms with van der Waals surface area (Å²) in [5.74, 6) is -0.280. The summed E-state index contributed by atoms with van der Waals surface area (Å²) in [6, 6.07) is 0. The molecule has 6 nitrogen and oxygen atoms in total. The van der Waals surface area contributed by atoms with Crippen molar-refractivity contribution in [3.63, 3.8) is 0 Å². The number of anilines is 1. The average molecular weight is 231 g/mol. The van der Waals surface area contributed by atoms with E-state index >= 15 is 0 Å². The van der Waals surface area contributed by atoms with Crippen molar-refractivity contribution < 1.29 is 4.79 Å². The lowest BCUT2D eigenvalue weighted by molar-refractivity contribution is 0.102. The molecular weight excluding hydrogens is 218 g/mol. The molecule has 0 unspecified atom stereocenters. The van der Waals surface area contributed by atoms with Gasteiger partial charge in [0.25, 0.3) is 5.91 Å². The van der Waals surface area contributed by atoms with Gasteiger partial charge in [0.2, 0.25) is 0 Å². The highest BCUT2D eigenvalue weighted by Crippen LogP contribution is 2.18. The Hall–Kier alpha value is -2.24. The van der Waals surface area contributed by atoms with Gasteiger partial charge < -0.3 is 5.32 Å². The standard InChI is InChI=1S/C11H13N5O/c1-7-10(8(2)16(3)15-7)14-11(17)9-6-12-4-5-13-9/h4-6H,1-3H3,(H,14,17). The summed E-state index contributed by atoms with van der Waals surface area (Å²) in [5, 5.41) is 7.01. The van der Waals surface area contributed by atoms with Crippen LogP contribution in [0, 0.1) is 13.8 Å². The second-order valence-corrected chi connectivity index (χ2v) is 3.71. The highest BCUT2D eigenvalue weighted by molar-refractivity contribution is 6.03.